The zero-order valence-electron chi connectivity index (χ0n) is 5.79. The molecule has 0 aromatic heterocycles. The molecule has 1 saturated heterocycles. The van der Waals surface area contributed by atoms with Crippen LogP contribution in [0, 0.1) is 17.6 Å². The van der Waals surface area contributed by atoms with Gasteiger partial charge in [0.15, 0.2) is 9.84 Å². The van der Waals surface area contributed by atoms with Gasteiger partial charge in [-0.2, -0.15) is 0 Å². The molecule has 2 atom stereocenters. The minimum Gasteiger partial charge on any atom is -0.228 e. The second kappa shape index (κ2) is 1.97. The smallest absolute Gasteiger partial charge is 0.155 e. The third-order valence-electron chi connectivity index (χ3n) is 2.55. The third kappa shape index (κ3) is 0.965. The monoisotopic (exact) mass is 159 g/mol. The van der Waals surface area contributed by atoms with Crippen molar-refractivity contribution in [3.05, 3.63) is 5.75 Å². The highest BCUT2D eigenvalue weighted by Crippen LogP contribution is 2.41. The number of hydrogen-bond donors (Lipinski definition) is 0. The summed E-state index contributed by atoms with van der Waals surface area (Å²) in [7, 11) is -2.73. The van der Waals surface area contributed by atoms with E-state index in [0.717, 1.165) is 12.8 Å². The SMILES string of the molecule is O=S1(=O)[CH]C2CCCC2C1. The van der Waals surface area contributed by atoms with E-state index in [1.165, 1.54) is 6.42 Å². The van der Waals surface area contributed by atoms with Crippen LogP contribution >= 0.6 is 0 Å². The lowest BCUT2D eigenvalue weighted by atomic mass is 10.0. The van der Waals surface area contributed by atoms with E-state index in [-0.39, 0.29) is 0 Å². The van der Waals surface area contributed by atoms with Gasteiger partial charge in [0.05, 0.1) is 11.5 Å². The van der Waals surface area contributed by atoms with E-state index in [0.29, 0.717) is 17.6 Å². The van der Waals surface area contributed by atoms with Crippen LogP contribution in [-0.4, -0.2) is 14.2 Å². The van der Waals surface area contributed by atoms with Gasteiger partial charge in [-0.3, -0.25) is 0 Å². The maximum atomic E-state index is 11.0. The quantitative estimate of drug-likeness (QED) is 0.528. The first-order chi connectivity index (χ1) is 4.67. The van der Waals surface area contributed by atoms with Crippen molar-refractivity contribution >= 4 is 9.84 Å². The maximum absolute atomic E-state index is 11.0. The Labute approximate surface area is 61.5 Å². The van der Waals surface area contributed by atoms with Gasteiger partial charge in [-0.1, -0.05) is 6.42 Å². The fraction of sp³-hybridized carbons (Fsp3) is 0.857. The fourth-order valence-corrected chi connectivity index (χ4v) is 4.08. The van der Waals surface area contributed by atoms with Gasteiger partial charge in [-0.05, 0) is 24.7 Å². The lowest BCUT2D eigenvalue weighted by molar-refractivity contribution is 0.519. The van der Waals surface area contributed by atoms with Crippen LogP contribution in [0.5, 0.6) is 0 Å². The average molecular weight is 159 g/mol. The summed E-state index contributed by atoms with van der Waals surface area (Å²) in [6.07, 6.45) is 3.45. The first-order valence-electron chi connectivity index (χ1n) is 3.75. The highest BCUT2D eigenvalue weighted by molar-refractivity contribution is 7.93. The largest absolute Gasteiger partial charge is 0.228 e. The van der Waals surface area contributed by atoms with E-state index in [4.69, 9.17) is 0 Å². The Kier molecular flexibility index (Phi) is 1.31. The molecule has 0 amide bonds. The van der Waals surface area contributed by atoms with Gasteiger partial charge in [-0.15, -0.1) is 0 Å². The van der Waals surface area contributed by atoms with Gasteiger partial charge in [0.2, 0.25) is 0 Å². The normalized spacial score (nSPS) is 43.6. The molecular weight excluding hydrogens is 148 g/mol. The molecule has 3 heteroatoms. The van der Waals surface area contributed by atoms with Gasteiger partial charge in [-0.25, -0.2) is 8.42 Å². The van der Waals surface area contributed by atoms with Gasteiger partial charge in [0.25, 0.3) is 0 Å². The van der Waals surface area contributed by atoms with Crippen LogP contribution in [0.15, 0.2) is 0 Å². The van der Waals surface area contributed by atoms with Crippen molar-refractivity contribution in [1.29, 1.82) is 0 Å². The Morgan fingerprint density at radius 1 is 1.30 bits per heavy atom. The zero-order chi connectivity index (χ0) is 7.19. The van der Waals surface area contributed by atoms with Gasteiger partial charge in [0, 0.05) is 0 Å². The summed E-state index contributed by atoms with van der Waals surface area (Å²) in [5, 5.41) is 0. The molecule has 1 aliphatic carbocycles. The third-order valence-corrected chi connectivity index (χ3v) is 4.20. The van der Waals surface area contributed by atoms with Crippen molar-refractivity contribution in [3.63, 3.8) is 0 Å². The van der Waals surface area contributed by atoms with Crippen molar-refractivity contribution < 1.29 is 8.42 Å². The first-order valence-corrected chi connectivity index (χ1v) is 5.46. The number of sulfone groups is 1. The van der Waals surface area contributed by atoms with Crippen molar-refractivity contribution in [3.8, 4) is 0 Å². The predicted octanol–water partition coefficient (Wildman–Crippen LogP) is 0.993. The first kappa shape index (κ1) is 6.65. The predicted molar refractivity (Wildman–Crippen MR) is 38.9 cm³/mol. The van der Waals surface area contributed by atoms with Crippen molar-refractivity contribution in [1.82, 2.24) is 0 Å². The summed E-state index contributed by atoms with van der Waals surface area (Å²) < 4.78 is 22.0. The van der Waals surface area contributed by atoms with Gasteiger partial charge < -0.3 is 0 Å². The highest BCUT2D eigenvalue weighted by atomic mass is 32.2. The Hall–Kier alpha value is -0.0500. The zero-order valence-corrected chi connectivity index (χ0v) is 6.60. The number of hydrogen-bond acceptors (Lipinski definition) is 2. The second-order valence-electron chi connectivity index (χ2n) is 3.32. The summed E-state index contributed by atoms with van der Waals surface area (Å²) in [5.74, 6) is 2.89. The second-order valence-corrected chi connectivity index (χ2v) is 5.25. The van der Waals surface area contributed by atoms with Crippen LogP contribution < -0.4 is 0 Å². The van der Waals surface area contributed by atoms with E-state index in [1.807, 2.05) is 0 Å². The van der Waals surface area contributed by atoms with Crippen LogP contribution in [0.1, 0.15) is 19.3 Å². The Bertz CT molecular complexity index is 212. The molecule has 2 unspecified atom stereocenters. The molecule has 10 heavy (non-hydrogen) atoms. The molecule has 0 spiro atoms. The molecule has 2 aliphatic rings. The van der Waals surface area contributed by atoms with Crippen LogP contribution in [0.3, 0.4) is 0 Å². The standard InChI is InChI=1S/C7H11O2S/c8-10(9)4-6-2-1-3-7(6)5-10/h4,6-7H,1-3,5H2. The molecule has 0 N–H and O–H groups in total. The van der Waals surface area contributed by atoms with Gasteiger partial charge in [0.1, 0.15) is 0 Å². The highest BCUT2D eigenvalue weighted by Gasteiger charge is 2.40. The summed E-state index contributed by atoms with van der Waals surface area (Å²) in [6, 6.07) is 0. The average Bonchev–Trinajstić information content (AvgIpc) is 2.20. The number of fused-ring (bicyclic) bond motifs is 1. The lowest BCUT2D eigenvalue weighted by Crippen LogP contribution is -2.02. The van der Waals surface area contributed by atoms with E-state index < -0.39 is 9.84 Å². The van der Waals surface area contributed by atoms with Crippen LogP contribution in [0.25, 0.3) is 0 Å². The Balaban J connectivity index is 2.21. The molecule has 1 aliphatic heterocycles. The summed E-state index contributed by atoms with van der Waals surface area (Å²) >= 11 is 0. The van der Waals surface area contributed by atoms with E-state index in [9.17, 15) is 8.42 Å². The Morgan fingerprint density at radius 2 is 2.10 bits per heavy atom. The van der Waals surface area contributed by atoms with Crippen LogP contribution in [0.4, 0.5) is 0 Å². The summed E-state index contributed by atoms with van der Waals surface area (Å²) in [5.41, 5.74) is 0. The summed E-state index contributed by atoms with van der Waals surface area (Å²) in [6.45, 7) is 0. The molecule has 0 aromatic carbocycles. The summed E-state index contributed by atoms with van der Waals surface area (Å²) in [4.78, 5) is 0. The molecule has 0 bridgehead atoms. The molecule has 1 heterocycles. The van der Waals surface area contributed by atoms with Crippen LogP contribution in [-0.2, 0) is 9.84 Å². The van der Waals surface area contributed by atoms with Crippen molar-refractivity contribution in [2.24, 2.45) is 11.8 Å². The fourth-order valence-electron chi connectivity index (χ4n) is 2.07. The van der Waals surface area contributed by atoms with Gasteiger partial charge >= 0.3 is 0 Å². The molecule has 2 fully saturated rings. The van der Waals surface area contributed by atoms with E-state index >= 15 is 0 Å². The molecule has 1 saturated carbocycles. The molecule has 57 valence electrons. The molecular formula is C7H11O2S. The molecule has 2 rings (SSSR count). The molecule has 1 radical (unpaired) electrons. The maximum Gasteiger partial charge on any atom is 0.155 e. The topological polar surface area (TPSA) is 34.1 Å². The van der Waals surface area contributed by atoms with Crippen molar-refractivity contribution in [2.45, 2.75) is 19.3 Å². The van der Waals surface area contributed by atoms with E-state index in [2.05, 4.69) is 0 Å². The molecule has 0 aromatic rings. The van der Waals surface area contributed by atoms with E-state index in [1.54, 1.807) is 5.75 Å². The Morgan fingerprint density at radius 3 is 2.80 bits per heavy atom. The van der Waals surface area contributed by atoms with Crippen molar-refractivity contribution in [2.75, 3.05) is 5.75 Å². The minimum atomic E-state index is -2.73. The molecule has 2 nitrogen and oxygen atoms in total. The number of rotatable bonds is 0. The minimum absolute atomic E-state index is 0.407. The van der Waals surface area contributed by atoms with Crippen LogP contribution in [0.2, 0.25) is 0 Å². The lowest BCUT2D eigenvalue weighted by Gasteiger charge is -2.01.